The maximum atomic E-state index is 4.89. The molecule has 0 radical (unpaired) electrons. The molecule has 0 aromatic rings. The molecule has 0 aromatic carbocycles. The summed E-state index contributed by atoms with van der Waals surface area (Å²) in [6, 6.07) is 0. The van der Waals surface area contributed by atoms with Gasteiger partial charge in [0, 0.05) is 0 Å². The summed E-state index contributed by atoms with van der Waals surface area (Å²) in [6.07, 6.45) is 20.0. The van der Waals surface area contributed by atoms with Gasteiger partial charge in [0.25, 0.3) is 0 Å². The van der Waals surface area contributed by atoms with Gasteiger partial charge in [0.1, 0.15) is 0 Å². The Balaban J connectivity index is 0.000000174. The van der Waals surface area contributed by atoms with E-state index < -0.39 is 16.5 Å². The van der Waals surface area contributed by atoms with Crippen molar-refractivity contribution >= 4 is 18.8 Å². The van der Waals surface area contributed by atoms with E-state index in [9.17, 15) is 0 Å². The second-order valence-corrected chi connectivity index (χ2v) is 5.11. The van der Waals surface area contributed by atoms with Crippen LogP contribution in [0.3, 0.4) is 0 Å². The fourth-order valence-electron chi connectivity index (χ4n) is 0.680. The molecular formula is C10H10Cl2Mo-2. The molecule has 13 heavy (non-hydrogen) atoms. The average Bonchev–Trinajstić information content (AvgIpc) is 2.85. The summed E-state index contributed by atoms with van der Waals surface area (Å²) in [4.78, 5) is 0. The molecule has 0 nitrogen and oxygen atoms in total. The Hall–Kier alpha value is 0.228. The first-order chi connectivity index (χ1) is 6.41. The summed E-state index contributed by atoms with van der Waals surface area (Å²) in [7, 11) is 9.79. The molecule has 0 unspecified atom stereocenters. The molecule has 0 spiro atoms. The standard InChI is InChI=1S/2C5H5.2ClH.Mo/c2*1-2-4-5-3-1;;;/h2*1-3H,4H2;2*1H;/q2*-1;;;+2/p-2. The van der Waals surface area contributed by atoms with Crippen LogP contribution in [0.15, 0.2) is 36.5 Å². The van der Waals surface area contributed by atoms with Crippen LogP contribution in [0.2, 0.25) is 0 Å². The predicted molar refractivity (Wildman–Crippen MR) is 54.8 cm³/mol. The topological polar surface area (TPSA) is 0 Å². The molecule has 0 fully saturated rings. The van der Waals surface area contributed by atoms with Gasteiger partial charge in [-0.1, -0.05) is 0 Å². The van der Waals surface area contributed by atoms with E-state index in [0.717, 1.165) is 12.8 Å². The first-order valence-electron chi connectivity index (χ1n) is 3.74. The van der Waals surface area contributed by atoms with Gasteiger partial charge in [-0.15, -0.1) is 12.8 Å². The zero-order chi connectivity index (χ0) is 9.78. The first-order valence-corrected chi connectivity index (χ1v) is 8.91. The van der Waals surface area contributed by atoms with Crippen molar-refractivity contribution in [3.05, 3.63) is 48.6 Å². The second kappa shape index (κ2) is 12.2. The van der Waals surface area contributed by atoms with Crippen LogP contribution < -0.4 is 0 Å². The Morgan fingerprint density at radius 3 is 1.38 bits per heavy atom. The number of allylic oxidation sites excluding steroid dienone is 8. The van der Waals surface area contributed by atoms with E-state index in [1.54, 1.807) is 0 Å². The van der Waals surface area contributed by atoms with Crippen molar-refractivity contribution < 1.29 is 16.5 Å². The number of rotatable bonds is 0. The summed E-state index contributed by atoms with van der Waals surface area (Å²) >= 11 is -0.586. The Labute approximate surface area is 96.4 Å². The third-order valence-electron chi connectivity index (χ3n) is 1.17. The van der Waals surface area contributed by atoms with E-state index in [0.29, 0.717) is 0 Å². The number of hydrogen-bond donors (Lipinski definition) is 0. The van der Waals surface area contributed by atoms with Crippen molar-refractivity contribution in [2.75, 3.05) is 0 Å². The van der Waals surface area contributed by atoms with Crippen LogP contribution >= 0.6 is 18.8 Å². The van der Waals surface area contributed by atoms with E-state index >= 15 is 0 Å². The SMILES string of the molecule is [C-]1=CC=CC1.[C-]1=CC=CC1.[Cl][Mo][Cl]. The molecule has 0 saturated carbocycles. The molecule has 0 aromatic heterocycles. The minimum atomic E-state index is -0.586. The van der Waals surface area contributed by atoms with Crippen LogP contribution in [0.5, 0.6) is 0 Å². The second-order valence-electron chi connectivity index (χ2n) is 2.06. The van der Waals surface area contributed by atoms with Gasteiger partial charge in [-0.05, 0) is 0 Å². The van der Waals surface area contributed by atoms with Crippen LogP contribution in [-0.2, 0) is 16.5 Å². The molecule has 0 N–H and O–H groups in total. The van der Waals surface area contributed by atoms with Gasteiger partial charge in [0.2, 0.25) is 0 Å². The van der Waals surface area contributed by atoms with Gasteiger partial charge < -0.3 is 0 Å². The van der Waals surface area contributed by atoms with Gasteiger partial charge >= 0.3 is 35.3 Å². The van der Waals surface area contributed by atoms with E-state index in [-0.39, 0.29) is 0 Å². The third-order valence-corrected chi connectivity index (χ3v) is 1.17. The van der Waals surface area contributed by atoms with Crippen molar-refractivity contribution in [2.45, 2.75) is 12.8 Å². The molecule has 0 saturated heterocycles. The van der Waals surface area contributed by atoms with Crippen LogP contribution in [0, 0.1) is 12.2 Å². The Bertz CT molecular complexity index is 163. The van der Waals surface area contributed by atoms with E-state index in [1.807, 2.05) is 24.3 Å². The Morgan fingerprint density at radius 1 is 0.923 bits per heavy atom. The van der Waals surface area contributed by atoms with Crippen molar-refractivity contribution in [2.24, 2.45) is 0 Å². The summed E-state index contributed by atoms with van der Waals surface area (Å²) in [5.74, 6) is 0. The van der Waals surface area contributed by atoms with Crippen LogP contribution in [0.1, 0.15) is 12.8 Å². The van der Waals surface area contributed by atoms with Crippen molar-refractivity contribution in [3.63, 3.8) is 0 Å². The molecule has 72 valence electrons. The molecular weight excluding hydrogens is 287 g/mol. The zero-order valence-corrected chi connectivity index (χ0v) is 10.6. The molecule has 3 heteroatoms. The molecule has 0 bridgehead atoms. The van der Waals surface area contributed by atoms with Crippen LogP contribution in [0.4, 0.5) is 0 Å². The van der Waals surface area contributed by atoms with Crippen molar-refractivity contribution in [3.8, 4) is 0 Å². The summed E-state index contributed by atoms with van der Waals surface area (Å²) in [6.45, 7) is 0. The average molecular weight is 297 g/mol. The predicted octanol–water partition coefficient (Wildman–Crippen LogP) is 3.99. The maximum absolute atomic E-state index is 4.89. The van der Waals surface area contributed by atoms with Gasteiger partial charge in [0.05, 0.1) is 0 Å². The monoisotopic (exact) mass is 298 g/mol. The van der Waals surface area contributed by atoms with Crippen LogP contribution in [0.25, 0.3) is 0 Å². The third kappa shape index (κ3) is 12.2. The van der Waals surface area contributed by atoms with Crippen molar-refractivity contribution in [1.29, 1.82) is 0 Å². The molecule has 2 rings (SSSR count). The van der Waals surface area contributed by atoms with Gasteiger partial charge in [0.15, 0.2) is 0 Å². The first kappa shape index (κ1) is 13.2. The summed E-state index contributed by atoms with van der Waals surface area (Å²) in [5, 5.41) is 0. The fourth-order valence-corrected chi connectivity index (χ4v) is 0.680. The minimum absolute atomic E-state index is 0.586. The molecule has 0 amide bonds. The van der Waals surface area contributed by atoms with E-state index in [4.69, 9.17) is 18.8 Å². The van der Waals surface area contributed by atoms with E-state index in [1.165, 1.54) is 0 Å². The number of hydrogen-bond acceptors (Lipinski definition) is 0. The van der Waals surface area contributed by atoms with Crippen molar-refractivity contribution in [1.82, 2.24) is 0 Å². The Kier molecular flexibility index (Phi) is 12.4. The summed E-state index contributed by atoms with van der Waals surface area (Å²) < 4.78 is 0. The molecule has 0 atom stereocenters. The van der Waals surface area contributed by atoms with Crippen LogP contribution in [-0.4, -0.2) is 0 Å². The molecule has 0 aliphatic heterocycles. The summed E-state index contributed by atoms with van der Waals surface area (Å²) in [5.41, 5.74) is 0. The van der Waals surface area contributed by atoms with Gasteiger partial charge in [-0.3, -0.25) is 12.2 Å². The molecule has 2 aliphatic rings. The van der Waals surface area contributed by atoms with Gasteiger partial charge in [-0.2, -0.15) is 12.2 Å². The molecule has 0 heterocycles. The fraction of sp³-hybridized carbons (Fsp3) is 0.200. The zero-order valence-electron chi connectivity index (χ0n) is 7.04. The van der Waals surface area contributed by atoms with E-state index in [2.05, 4.69) is 24.3 Å². The molecule has 2 aliphatic carbocycles. The Morgan fingerprint density at radius 2 is 1.31 bits per heavy atom. The van der Waals surface area contributed by atoms with Gasteiger partial charge in [-0.25, -0.2) is 24.3 Å². The number of halogens is 2. The quantitative estimate of drug-likeness (QED) is 0.468. The normalized spacial score (nSPS) is 14.9.